The minimum atomic E-state index is 0.0233. The maximum absolute atomic E-state index is 12.4. The zero-order valence-electron chi connectivity index (χ0n) is 13.3. The normalized spacial score (nSPS) is 52.7. The van der Waals surface area contributed by atoms with Crippen molar-refractivity contribution in [3.05, 3.63) is 11.6 Å². The topological polar surface area (TPSA) is 17.1 Å². The molecule has 1 nitrogen and oxygen atoms in total. The van der Waals surface area contributed by atoms with E-state index in [4.69, 9.17) is 0 Å². The van der Waals surface area contributed by atoms with E-state index in [1.165, 1.54) is 32.1 Å². The maximum Gasteiger partial charge on any atom is 0.139 e. The number of carbonyl (C=O) groups excluding carboxylic acids is 1. The van der Waals surface area contributed by atoms with Crippen LogP contribution in [0.5, 0.6) is 0 Å². The van der Waals surface area contributed by atoms with Crippen molar-refractivity contribution in [2.24, 2.45) is 28.6 Å². The maximum atomic E-state index is 12.4. The molecule has 0 amide bonds. The third-order valence-electron chi connectivity index (χ3n) is 7.75. The Morgan fingerprint density at radius 1 is 1.10 bits per heavy atom. The van der Waals surface area contributed by atoms with Crippen LogP contribution in [0.3, 0.4) is 0 Å². The molecule has 2 heteroatoms. The molecule has 0 N–H and O–H groups in total. The number of alkyl halides is 1. The van der Waals surface area contributed by atoms with Crippen LogP contribution in [0, 0.1) is 28.6 Å². The van der Waals surface area contributed by atoms with Crippen LogP contribution in [0.1, 0.15) is 65.2 Å². The van der Waals surface area contributed by atoms with Gasteiger partial charge in [0.15, 0.2) is 0 Å². The second-order valence-electron chi connectivity index (χ2n) is 8.52. The molecule has 0 spiro atoms. The van der Waals surface area contributed by atoms with E-state index in [9.17, 15) is 4.79 Å². The number of ketones is 1. The lowest BCUT2D eigenvalue weighted by molar-refractivity contribution is -0.131. The van der Waals surface area contributed by atoms with Gasteiger partial charge < -0.3 is 0 Å². The number of allylic oxidation sites excluding steroid dienone is 2. The standard InChI is InChI=1S/C19H27BrO/c1-18-9-7-13(20)11-12(18)3-4-14-15-5-6-17(21)19(15,2)10-8-16(14)18/h3,13-16H,4-11H2,1-2H3/t13?,14-,15-,16-,18-,19-/m0/s1. The summed E-state index contributed by atoms with van der Waals surface area (Å²) in [6.45, 7) is 4.81. The van der Waals surface area contributed by atoms with Gasteiger partial charge in [-0.15, -0.1) is 0 Å². The van der Waals surface area contributed by atoms with Crippen LogP contribution >= 0.6 is 15.9 Å². The molecular formula is C19H27BrO. The number of hydrogen-bond donors (Lipinski definition) is 0. The number of Topliss-reactive ketones (excluding diaryl/α,β-unsaturated/α-hetero) is 1. The molecule has 6 atom stereocenters. The highest BCUT2D eigenvalue weighted by Gasteiger charge is 2.58. The lowest BCUT2D eigenvalue weighted by atomic mass is 9.48. The molecular weight excluding hydrogens is 324 g/mol. The van der Waals surface area contributed by atoms with Gasteiger partial charge in [-0.3, -0.25) is 4.79 Å². The van der Waals surface area contributed by atoms with Gasteiger partial charge in [-0.25, -0.2) is 0 Å². The Morgan fingerprint density at radius 3 is 2.62 bits per heavy atom. The molecule has 1 unspecified atom stereocenters. The molecule has 3 fully saturated rings. The van der Waals surface area contributed by atoms with E-state index in [1.807, 2.05) is 0 Å². The molecule has 116 valence electrons. The van der Waals surface area contributed by atoms with Crippen LogP contribution in [-0.4, -0.2) is 10.6 Å². The second-order valence-corrected chi connectivity index (χ2v) is 9.81. The van der Waals surface area contributed by atoms with E-state index in [0.717, 1.165) is 31.1 Å². The highest BCUT2D eigenvalue weighted by atomic mass is 79.9. The van der Waals surface area contributed by atoms with E-state index in [0.29, 0.717) is 21.9 Å². The fourth-order valence-corrected chi connectivity index (χ4v) is 6.97. The van der Waals surface area contributed by atoms with Gasteiger partial charge in [-0.1, -0.05) is 41.4 Å². The molecule has 0 heterocycles. The number of halogens is 1. The molecule has 21 heavy (non-hydrogen) atoms. The molecule has 0 aromatic heterocycles. The van der Waals surface area contributed by atoms with E-state index in [2.05, 4.69) is 35.9 Å². The summed E-state index contributed by atoms with van der Waals surface area (Å²) in [7, 11) is 0. The summed E-state index contributed by atoms with van der Waals surface area (Å²) in [4.78, 5) is 13.1. The molecule has 3 saturated carbocycles. The van der Waals surface area contributed by atoms with Gasteiger partial charge in [0, 0.05) is 16.7 Å². The number of rotatable bonds is 0. The van der Waals surface area contributed by atoms with Crippen LogP contribution in [0.15, 0.2) is 11.6 Å². The molecule has 4 rings (SSSR count). The van der Waals surface area contributed by atoms with E-state index >= 15 is 0 Å². The fraction of sp³-hybridized carbons (Fsp3) is 0.842. The van der Waals surface area contributed by atoms with Crippen molar-refractivity contribution in [3.63, 3.8) is 0 Å². The number of hydrogen-bond acceptors (Lipinski definition) is 1. The van der Waals surface area contributed by atoms with E-state index in [1.54, 1.807) is 5.57 Å². The van der Waals surface area contributed by atoms with E-state index in [-0.39, 0.29) is 5.41 Å². The summed E-state index contributed by atoms with van der Waals surface area (Å²) in [5.74, 6) is 2.84. The smallest absolute Gasteiger partial charge is 0.139 e. The lowest BCUT2D eigenvalue weighted by Gasteiger charge is -2.56. The van der Waals surface area contributed by atoms with Gasteiger partial charge in [-0.05, 0) is 68.1 Å². The summed E-state index contributed by atoms with van der Waals surface area (Å²) in [5.41, 5.74) is 2.18. The van der Waals surface area contributed by atoms with Crippen LogP contribution < -0.4 is 0 Å². The highest BCUT2D eigenvalue weighted by Crippen LogP contribution is 2.64. The average molecular weight is 351 g/mol. The molecule has 0 bridgehead atoms. The largest absolute Gasteiger partial charge is 0.299 e. The van der Waals surface area contributed by atoms with Gasteiger partial charge >= 0.3 is 0 Å². The lowest BCUT2D eigenvalue weighted by Crippen LogP contribution is -2.50. The molecule has 4 aliphatic carbocycles. The predicted octanol–water partition coefficient (Wildman–Crippen LogP) is 5.28. The molecule has 4 aliphatic rings. The van der Waals surface area contributed by atoms with Crippen molar-refractivity contribution in [1.82, 2.24) is 0 Å². The first-order valence-electron chi connectivity index (χ1n) is 8.82. The van der Waals surface area contributed by atoms with Crippen molar-refractivity contribution in [1.29, 1.82) is 0 Å². The molecule has 0 radical (unpaired) electrons. The van der Waals surface area contributed by atoms with Crippen molar-refractivity contribution >= 4 is 21.7 Å². The van der Waals surface area contributed by atoms with Gasteiger partial charge in [0.25, 0.3) is 0 Å². The third kappa shape index (κ3) is 1.90. The Bertz CT molecular complexity index is 510. The SMILES string of the molecule is C[C@]12CCC(Br)CC1=CC[C@@H]1[C@@H]2CC[C@]2(C)C(=O)CC[C@@H]12. The number of fused-ring (bicyclic) bond motifs is 5. The molecule has 0 aliphatic heterocycles. The van der Waals surface area contributed by atoms with Crippen molar-refractivity contribution in [2.45, 2.75) is 70.0 Å². The van der Waals surface area contributed by atoms with Gasteiger partial charge in [0.1, 0.15) is 5.78 Å². The monoisotopic (exact) mass is 350 g/mol. The van der Waals surface area contributed by atoms with Crippen molar-refractivity contribution < 1.29 is 4.79 Å². The summed E-state index contributed by atoms with van der Waals surface area (Å²) in [5, 5.41) is 0. The van der Waals surface area contributed by atoms with Gasteiger partial charge in [-0.2, -0.15) is 0 Å². The fourth-order valence-electron chi connectivity index (χ4n) is 6.39. The summed E-state index contributed by atoms with van der Waals surface area (Å²) in [6.07, 6.45) is 12.2. The van der Waals surface area contributed by atoms with Crippen LogP contribution in [-0.2, 0) is 4.79 Å². The average Bonchev–Trinajstić information content (AvgIpc) is 2.76. The Hall–Kier alpha value is -0.110. The first-order valence-corrected chi connectivity index (χ1v) is 9.73. The van der Waals surface area contributed by atoms with Crippen LogP contribution in [0.2, 0.25) is 0 Å². The first kappa shape index (κ1) is 14.5. The van der Waals surface area contributed by atoms with Crippen LogP contribution in [0.4, 0.5) is 0 Å². The number of carbonyl (C=O) groups is 1. The first-order chi connectivity index (χ1) is 9.95. The molecule has 0 aromatic carbocycles. The zero-order chi connectivity index (χ0) is 14.8. The Balaban J connectivity index is 1.69. The van der Waals surface area contributed by atoms with Crippen molar-refractivity contribution in [2.75, 3.05) is 0 Å². The summed E-state index contributed by atoms with van der Waals surface area (Å²) in [6, 6.07) is 0. The second kappa shape index (κ2) is 4.69. The van der Waals surface area contributed by atoms with Gasteiger partial charge in [0.05, 0.1) is 0 Å². The Morgan fingerprint density at radius 2 is 1.81 bits per heavy atom. The zero-order valence-corrected chi connectivity index (χ0v) is 14.9. The highest BCUT2D eigenvalue weighted by molar-refractivity contribution is 9.09. The Labute approximate surface area is 137 Å². The van der Waals surface area contributed by atoms with E-state index < -0.39 is 0 Å². The third-order valence-corrected chi connectivity index (χ3v) is 8.53. The summed E-state index contributed by atoms with van der Waals surface area (Å²) >= 11 is 3.84. The Kier molecular flexibility index (Phi) is 3.24. The summed E-state index contributed by atoms with van der Waals surface area (Å²) < 4.78 is 0. The minimum Gasteiger partial charge on any atom is -0.299 e. The van der Waals surface area contributed by atoms with Gasteiger partial charge in [0.2, 0.25) is 0 Å². The molecule has 0 aromatic rings. The van der Waals surface area contributed by atoms with Crippen LogP contribution in [0.25, 0.3) is 0 Å². The molecule has 0 saturated heterocycles. The minimum absolute atomic E-state index is 0.0233. The predicted molar refractivity (Wildman–Crippen MR) is 89.4 cm³/mol. The van der Waals surface area contributed by atoms with Crippen molar-refractivity contribution in [3.8, 4) is 0 Å². The quantitative estimate of drug-likeness (QED) is 0.429.